The molecule has 6 aromatic carbocycles. The highest BCUT2D eigenvalue weighted by atomic mass is 14.8. The van der Waals surface area contributed by atoms with Gasteiger partial charge in [-0.15, -0.1) is 0 Å². The first-order valence-electron chi connectivity index (χ1n) is 15.9. The third-order valence-electron chi connectivity index (χ3n) is 8.51. The first-order chi connectivity index (χ1) is 23.3. The number of nitrogens with one attached hydrogen (secondary N) is 2. The largest absolute Gasteiger partial charge is 0.354 e. The Hall–Kier alpha value is -6.26. The third-order valence-corrected chi connectivity index (χ3v) is 8.51. The summed E-state index contributed by atoms with van der Waals surface area (Å²) in [5.74, 6) is 0. The van der Waals surface area contributed by atoms with Crippen LogP contribution in [0.4, 0.5) is 11.4 Å². The van der Waals surface area contributed by atoms with Crippen molar-refractivity contribution < 1.29 is 0 Å². The van der Waals surface area contributed by atoms with E-state index < -0.39 is 0 Å². The molecule has 8 aromatic rings. The Morgan fingerprint density at radius 1 is 0.404 bits per heavy atom. The van der Waals surface area contributed by atoms with Crippen LogP contribution in [0, 0.1) is 0 Å². The maximum absolute atomic E-state index is 5.40. The van der Waals surface area contributed by atoms with E-state index in [0.717, 1.165) is 67.5 Å². The maximum atomic E-state index is 5.40. The van der Waals surface area contributed by atoms with Crippen molar-refractivity contribution in [1.82, 2.24) is 9.97 Å². The monoisotopic (exact) mass is 604 g/mol. The molecule has 0 bridgehead atoms. The van der Waals surface area contributed by atoms with Crippen molar-refractivity contribution in [2.75, 3.05) is 0 Å². The Morgan fingerprint density at radius 3 is 1.23 bits per heavy atom. The number of hydrogen-bond acceptors (Lipinski definition) is 2. The number of rotatable bonds is 8. The summed E-state index contributed by atoms with van der Waals surface area (Å²) in [7, 11) is 0. The minimum atomic E-state index is 0.538. The van der Waals surface area contributed by atoms with E-state index in [9.17, 15) is 0 Å². The number of aromatic nitrogens is 2. The molecule has 0 radical (unpaired) electrons. The summed E-state index contributed by atoms with van der Waals surface area (Å²) >= 11 is 0. The summed E-state index contributed by atoms with van der Waals surface area (Å²) in [6, 6.07) is 58.7. The zero-order valence-electron chi connectivity index (χ0n) is 25.8. The number of nitrogens with zero attached hydrogens (tertiary/aromatic N) is 2. The molecular weight excluding hydrogens is 573 g/mol. The summed E-state index contributed by atoms with van der Waals surface area (Å²) < 4.78 is 0. The smallest absolute Gasteiger partial charge is 0.0726 e. The third kappa shape index (κ3) is 5.92. The molecule has 2 N–H and O–H groups in total. The van der Waals surface area contributed by atoms with Crippen LogP contribution in [0.3, 0.4) is 0 Å². The number of hydrogen-bond donors (Lipinski definition) is 2. The first kappa shape index (κ1) is 28.2. The molecule has 0 saturated heterocycles. The topological polar surface area (TPSA) is 56.3 Å². The molecule has 4 nitrogen and oxygen atoms in total. The van der Waals surface area contributed by atoms with Crippen molar-refractivity contribution in [2.24, 2.45) is 9.98 Å². The molecule has 0 fully saturated rings. The van der Waals surface area contributed by atoms with Crippen LogP contribution in [0.15, 0.2) is 180 Å². The van der Waals surface area contributed by atoms with Gasteiger partial charge in [0, 0.05) is 50.7 Å². The predicted octanol–water partition coefficient (Wildman–Crippen LogP) is 11.3. The van der Waals surface area contributed by atoms with E-state index in [0.29, 0.717) is 6.42 Å². The molecule has 47 heavy (non-hydrogen) atoms. The SMILES string of the molecule is c1ccc(C(CC(=Nc2ccccc2-c2cc3ccccc3[nH]2)c2ccccc2)=Nc2ccccc2-c2cc3ccccc3[nH]2)cc1. The van der Waals surface area contributed by atoms with E-state index in [2.05, 4.69) is 168 Å². The molecule has 0 aliphatic carbocycles. The standard InChI is InChI=1S/C43H32N4/c1-3-15-30(16-4-1)40(46-38-25-13-9-21-34(38)42-27-32-19-7-11-23-36(32)44-42)29-41(31-17-5-2-6-18-31)47-39-26-14-10-22-35(39)43-28-33-20-8-12-24-37(33)45-43/h1-28,44-45H,29H2. The average Bonchev–Trinajstić information content (AvgIpc) is 3.77. The fraction of sp³-hybridized carbons (Fsp3) is 0.0233. The van der Waals surface area contributed by atoms with Crippen LogP contribution in [0.25, 0.3) is 44.3 Å². The first-order valence-corrected chi connectivity index (χ1v) is 15.9. The molecule has 8 rings (SSSR count). The van der Waals surface area contributed by atoms with Crippen LogP contribution < -0.4 is 0 Å². The molecule has 0 saturated carbocycles. The van der Waals surface area contributed by atoms with Gasteiger partial charge in [-0.2, -0.15) is 0 Å². The van der Waals surface area contributed by atoms with Crippen molar-refractivity contribution in [3.63, 3.8) is 0 Å². The molecule has 4 heteroatoms. The quantitative estimate of drug-likeness (QED) is 0.162. The van der Waals surface area contributed by atoms with Crippen LogP contribution in [0.5, 0.6) is 0 Å². The molecule has 0 atom stereocenters. The van der Waals surface area contributed by atoms with Gasteiger partial charge >= 0.3 is 0 Å². The maximum Gasteiger partial charge on any atom is 0.0726 e. The average molecular weight is 605 g/mol. The molecular formula is C43H32N4. The van der Waals surface area contributed by atoms with Gasteiger partial charge in [-0.25, -0.2) is 0 Å². The Balaban J connectivity index is 1.26. The molecule has 0 amide bonds. The van der Waals surface area contributed by atoms with Gasteiger partial charge in [-0.1, -0.05) is 133 Å². The molecule has 224 valence electrons. The minimum Gasteiger partial charge on any atom is -0.354 e. The van der Waals surface area contributed by atoms with Gasteiger partial charge in [0.25, 0.3) is 0 Å². The van der Waals surface area contributed by atoms with Crippen LogP contribution in [-0.4, -0.2) is 21.4 Å². The highest BCUT2D eigenvalue weighted by Crippen LogP contribution is 2.35. The van der Waals surface area contributed by atoms with E-state index in [4.69, 9.17) is 9.98 Å². The van der Waals surface area contributed by atoms with Gasteiger partial charge in [-0.3, -0.25) is 9.98 Å². The zero-order valence-corrected chi connectivity index (χ0v) is 25.8. The summed E-state index contributed by atoms with van der Waals surface area (Å²) in [6.07, 6.45) is 0.538. The number of aliphatic imine (C=N–C) groups is 2. The fourth-order valence-corrected chi connectivity index (χ4v) is 6.16. The van der Waals surface area contributed by atoms with E-state index in [1.807, 2.05) is 12.1 Å². The Bertz CT molecular complexity index is 2140. The summed E-state index contributed by atoms with van der Waals surface area (Å²) in [6.45, 7) is 0. The Morgan fingerprint density at radius 2 is 0.787 bits per heavy atom. The van der Waals surface area contributed by atoms with Crippen molar-refractivity contribution in [2.45, 2.75) is 6.42 Å². The van der Waals surface area contributed by atoms with Gasteiger partial charge in [0.1, 0.15) is 0 Å². The van der Waals surface area contributed by atoms with E-state index >= 15 is 0 Å². The lowest BCUT2D eigenvalue weighted by atomic mass is 9.99. The normalized spacial score (nSPS) is 12.2. The van der Waals surface area contributed by atoms with Gasteiger partial charge in [0.2, 0.25) is 0 Å². The van der Waals surface area contributed by atoms with Crippen LogP contribution in [0.2, 0.25) is 0 Å². The van der Waals surface area contributed by atoms with Crippen LogP contribution in [-0.2, 0) is 0 Å². The van der Waals surface area contributed by atoms with Gasteiger partial charge in [0.05, 0.1) is 22.8 Å². The molecule has 2 aromatic heterocycles. The van der Waals surface area contributed by atoms with Crippen molar-refractivity contribution in [3.8, 4) is 22.5 Å². The molecule has 2 heterocycles. The summed E-state index contributed by atoms with van der Waals surface area (Å²) in [4.78, 5) is 18.0. The Kier molecular flexibility index (Phi) is 7.58. The van der Waals surface area contributed by atoms with Crippen molar-refractivity contribution in [1.29, 1.82) is 0 Å². The lowest BCUT2D eigenvalue weighted by Crippen LogP contribution is -2.11. The van der Waals surface area contributed by atoms with Gasteiger partial charge < -0.3 is 9.97 Å². The lowest BCUT2D eigenvalue weighted by Gasteiger charge is -2.13. The second-order valence-corrected chi connectivity index (χ2v) is 11.6. The molecule has 0 aliphatic rings. The van der Waals surface area contributed by atoms with Crippen LogP contribution >= 0.6 is 0 Å². The van der Waals surface area contributed by atoms with Crippen molar-refractivity contribution >= 4 is 44.6 Å². The second kappa shape index (κ2) is 12.6. The van der Waals surface area contributed by atoms with Crippen LogP contribution in [0.1, 0.15) is 17.5 Å². The Labute approximate surface area is 273 Å². The summed E-state index contributed by atoms with van der Waals surface area (Å²) in [5, 5.41) is 2.35. The number of fused-ring (bicyclic) bond motifs is 2. The van der Waals surface area contributed by atoms with Gasteiger partial charge in [-0.05, 0) is 47.5 Å². The van der Waals surface area contributed by atoms with E-state index in [-0.39, 0.29) is 0 Å². The number of H-pyrrole nitrogens is 2. The number of benzene rings is 6. The minimum absolute atomic E-state index is 0.538. The highest BCUT2D eigenvalue weighted by Gasteiger charge is 2.16. The number of para-hydroxylation sites is 4. The fourth-order valence-electron chi connectivity index (χ4n) is 6.16. The van der Waals surface area contributed by atoms with Gasteiger partial charge in [0.15, 0.2) is 0 Å². The number of aromatic amines is 2. The van der Waals surface area contributed by atoms with E-state index in [1.54, 1.807) is 0 Å². The molecule has 0 spiro atoms. The summed E-state index contributed by atoms with van der Waals surface area (Å²) in [5.41, 5.74) is 12.2. The van der Waals surface area contributed by atoms with Crippen molar-refractivity contribution in [3.05, 3.63) is 181 Å². The highest BCUT2D eigenvalue weighted by molar-refractivity contribution is 6.19. The molecule has 0 unspecified atom stereocenters. The van der Waals surface area contributed by atoms with E-state index in [1.165, 1.54) is 10.8 Å². The lowest BCUT2D eigenvalue weighted by molar-refractivity contribution is 1.36. The molecule has 0 aliphatic heterocycles. The second-order valence-electron chi connectivity index (χ2n) is 11.6. The zero-order chi connectivity index (χ0) is 31.4. The predicted molar refractivity (Wildman–Crippen MR) is 197 cm³/mol.